The molecule has 1 aliphatic rings. The van der Waals surface area contributed by atoms with Crippen molar-refractivity contribution in [3.8, 4) is 0 Å². The topological polar surface area (TPSA) is 69.6 Å². The zero-order chi connectivity index (χ0) is 17.0. The van der Waals surface area contributed by atoms with Gasteiger partial charge in [0.25, 0.3) is 0 Å². The first-order valence-electron chi connectivity index (χ1n) is 7.59. The third kappa shape index (κ3) is 4.75. The molecule has 1 atom stereocenters. The van der Waals surface area contributed by atoms with Crippen LogP contribution in [0.1, 0.15) is 25.3 Å². The molecule has 0 aromatic heterocycles. The van der Waals surface area contributed by atoms with Crippen LogP contribution >= 0.6 is 23.2 Å². The molecule has 23 heavy (non-hydrogen) atoms. The van der Waals surface area contributed by atoms with E-state index in [-0.39, 0.29) is 18.0 Å². The van der Waals surface area contributed by atoms with Crippen LogP contribution in [0.4, 0.5) is 4.79 Å². The minimum absolute atomic E-state index is 0.128. The lowest BCUT2D eigenvalue weighted by Gasteiger charge is -2.31. The van der Waals surface area contributed by atoms with E-state index in [1.807, 2.05) is 6.92 Å². The lowest BCUT2D eigenvalue weighted by molar-refractivity contribution is -0.143. The SMILES string of the molecule is CC(Cc1c(Cl)cccc1Cl)NC(=O)N1CCC(C(=O)O)CC1. The first-order chi connectivity index (χ1) is 10.9. The number of amides is 2. The molecule has 0 saturated carbocycles. The van der Waals surface area contributed by atoms with Crippen molar-refractivity contribution < 1.29 is 14.7 Å². The highest BCUT2D eigenvalue weighted by molar-refractivity contribution is 6.36. The second-order valence-electron chi connectivity index (χ2n) is 5.85. The van der Waals surface area contributed by atoms with Gasteiger partial charge in [-0.1, -0.05) is 29.3 Å². The van der Waals surface area contributed by atoms with Gasteiger partial charge in [-0.05, 0) is 43.9 Å². The molecule has 0 bridgehead atoms. The molecular formula is C16H20Cl2N2O3. The fourth-order valence-corrected chi connectivity index (χ4v) is 3.27. The quantitative estimate of drug-likeness (QED) is 0.865. The van der Waals surface area contributed by atoms with E-state index in [0.717, 1.165) is 5.56 Å². The van der Waals surface area contributed by atoms with Crippen LogP contribution in [0.25, 0.3) is 0 Å². The van der Waals surface area contributed by atoms with E-state index < -0.39 is 5.97 Å². The summed E-state index contributed by atoms with van der Waals surface area (Å²) in [5.74, 6) is -1.13. The minimum atomic E-state index is -0.785. The average Bonchev–Trinajstić information content (AvgIpc) is 2.51. The Hall–Kier alpha value is -1.46. The van der Waals surface area contributed by atoms with E-state index in [1.54, 1.807) is 23.1 Å². The van der Waals surface area contributed by atoms with E-state index in [2.05, 4.69) is 5.32 Å². The Balaban J connectivity index is 1.87. The van der Waals surface area contributed by atoms with Crippen molar-refractivity contribution in [3.05, 3.63) is 33.8 Å². The molecule has 5 nitrogen and oxygen atoms in total. The number of benzene rings is 1. The van der Waals surface area contributed by atoms with E-state index >= 15 is 0 Å². The summed E-state index contributed by atoms with van der Waals surface area (Å²) in [4.78, 5) is 24.8. The largest absolute Gasteiger partial charge is 0.481 e. The first-order valence-corrected chi connectivity index (χ1v) is 8.35. The number of rotatable bonds is 4. The third-order valence-corrected chi connectivity index (χ3v) is 4.78. The van der Waals surface area contributed by atoms with Crippen molar-refractivity contribution >= 4 is 35.2 Å². The van der Waals surface area contributed by atoms with Crippen LogP contribution in [0.5, 0.6) is 0 Å². The Morgan fingerprint density at radius 1 is 1.30 bits per heavy atom. The summed E-state index contributed by atoms with van der Waals surface area (Å²) in [6, 6.07) is 5.02. The number of urea groups is 1. The van der Waals surface area contributed by atoms with Crippen LogP contribution in [-0.4, -0.2) is 41.1 Å². The van der Waals surface area contributed by atoms with Gasteiger partial charge >= 0.3 is 12.0 Å². The van der Waals surface area contributed by atoms with Gasteiger partial charge in [-0.25, -0.2) is 4.79 Å². The van der Waals surface area contributed by atoms with E-state index in [4.69, 9.17) is 28.3 Å². The van der Waals surface area contributed by atoms with Gasteiger partial charge < -0.3 is 15.3 Å². The second-order valence-corrected chi connectivity index (χ2v) is 6.67. The molecule has 126 valence electrons. The summed E-state index contributed by atoms with van der Waals surface area (Å²) in [5, 5.41) is 13.1. The Bertz CT molecular complexity index is 566. The monoisotopic (exact) mass is 358 g/mol. The lowest BCUT2D eigenvalue weighted by Crippen LogP contribution is -2.48. The molecule has 0 radical (unpaired) electrons. The Labute approximate surface area is 145 Å². The number of hydrogen-bond donors (Lipinski definition) is 2. The van der Waals surface area contributed by atoms with Gasteiger partial charge in [0.2, 0.25) is 0 Å². The Morgan fingerprint density at radius 3 is 2.39 bits per heavy atom. The number of nitrogens with one attached hydrogen (secondary N) is 1. The summed E-state index contributed by atoms with van der Waals surface area (Å²) < 4.78 is 0. The van der Waals surface area contributed by atoms with Gasteiger partial charge in [0.15, 0.2) is 0 Å². The predicted octanol–water partition coefficient (Wildman–Crippen LogP) is 3.43. The number of aliphatic carboxylic acids is 1. The summed E-state index contributed by atoms with van der Waals surface area (Å²) in [7, 11) is 0. The minimum Gasteiger partial charge on any atom is -0.481 e. The number of nitrogens with zero attached hydrogens (tertiary/aromatic N) is 1. The summed E-state index contributed by atoms with van der Waals surface area (Å²) in [5.41, 5.74) is 0.813. The molecule has 2 N–H and O–H groups in total. The van der Waals surface area contributed by atoms with Crippen molar-refractivity contribution in [2.24, 2.45) is 5.92 Å². The third-order valence-electron chi connectivity index (χ3n) is 4.07. The maximum absolute atomic E-state index is 12.2. The molecule has 1 unspecified atom stereocenters. The fraction of sp³-hybridized carbons (Fsp3) is 0.500. The summed E-state index contributed by atoms with van der Waals surface area (Å²) in [6.07, 6.45) is 1.52. The molecular weight excluding hydrogens is 339 g/mol. The number of carboxylic acid groups (broad SMARTS) is 1. The van der Waals surface area contributed by atoms with Gasteiger partial charge in [-0.3, -0.25) is 4.79 Å². The standard InChI is InChI=1S/C16H20Cl2N2O3/c1-10(9-12-13(17)3-2-4-14(12)18)19-16(23)20-7-5-11(6-8-20)15(21)22/h2-4,10-11H,5-9H2,1H3,(H,19,23)(H,21,22). The molecule has 7 heteroatoms. The van der Waals surface area contributed by atoms with Crippen molar-refractivity contribution in [2.75, 3.05) is 13.1 Å². The highest BCUT2D eigenvalue weighted by atomic mass is 35.5. The van der Waals surface area contributed by atoms with Crippen LogP contribution in [-0.2, 0) is 11.2 Å². The van der Waals surface area contributed by atoms with Crippen molar-refractivity contribution in [3.63, 3.8) is 0 Å². The molecule has 2 amide bonds. The highest BCUT2D eigenvalue weighted by Crippen LogP contribution is 2.25. The number of piperidine rings is 1. The van der Waals surface area contributed by atoms with E-state index in [0.29, 0.717) is 42.4 Å². The predicted molar refractivity (Wildman–Crippen MR) is 90.1 cm³/mol. The zero-order valence-electron chi connectivity index (χ0n) is 12.9. The fourth-order valence-electron chi connectivity index (χ4n) is 2.72. The molecule has 1 aliphatic heterocycles. The van der Waals surface area contributed by atoms with Crippen LogP contribution in [0, 0.1) is 5.92 Å². The Kier molecular flexibility index (Phi) is 6.13. The van der Waals surface area contributed by atoms with Crippen LogP contribution in [0.15, 0.2) is 18.2 Å². The maximum atomic E-state index is 12.2. The zero-order valence-corrected chi connectivity index (χ0v) is 14.4. The number of carbonyl (C=O) groups excluding carboxylic acids is 1. The number of halogens is 2. The number of carbonyl (C=O) groups is 2. The molecule has 1 fully saturated rings. The summed E-state index contributed by atoms with van der Waals surface area (Å²) in [6.45, 7) is 2.81. The molecule has 1 heterocycles. The average molecular weight is 359 g/mol. The normalized spacial score (nSPS) is 16.9. The van der Waals surface area contributed by atoms with E-state index in [1.165, 1.54) is 0 Å². The lowest BCUT2D eigenvalue weighted by atomic mass is 9.97. The Morgan fingerprint density at radius 2 is 1.87 bits per heavy atom. The molecule has 0 aliphatic carbocycles. The number of carboxylic acids is 1. The smallest absolute Gasteiger partial charge is 0.317 e. The molecule has 1 aromatic rings. The van der Waals surface area contributed by atoms with Gasteiger partial charge in [0, 0.05) is 29.2 Å². The van der Waals surface area contributed by atoms with Gasteiger partial charge in [-0.15, -0.1) is 0 Å². The van der Waals surface area contributed by atoms with Gasteiger partial charge in [0.05, 0.1) is 5.92 Å². The summed E-state index contributed by atoms with van der Waals surface area (Å²) >= 11 is 12.3. The van der Waals surface area contributed by atoms with E-state index in [9.17, 15) is 9.59 Å². The van der Waals surface area contributed by atoms with Gasteiger partial charge in [-0.2, -0.15) is 0 Å². The van der Waals surface area contributed by atoms with Crippen molar-refractivity contribution in [1.82, 2.24) is 10.2 Å². The van der Waals surface area contributed by atoms with Crippen LogP contribution in [0.2, 0.25) is 10.0 Å². The van der Waals surface area contributed by atoms with Crippen LogP contribution < -0.4 is 5.32 Å². The molecule has 1 saturated heterocycles. The highest BCUT2D eigenvalue weighted by Gasteiger charge is 2.27. The van der Waals surface area contributed by atoms with Crippen molar-refractivity contribution in [2.45, 2.75) is 32.2 Å². The van der Waals surface area contributed by atoms with Crippen molar-refractivity contribution in [1.29, 1.82) is 0 Å². The molecule has 0 spiro atoms. The van der Waals surface area contributed by atoms with Crippen LogP contribution in [0.3, 0.4) is 0 Å². The maximum Gasteiger partial charge on any atom is 0.317 e. The van der Waals surface area contributed by atoms with Gasteiger partial charge in [0.1, 0.15) is 0 Å². The number of likely N-dealkylation sites (tertiary alicyclic amines) is 1. The number of hydrogen-bond acceptors (Lipinski definition) is 2. The first kappa shape index (κ1) is 17.9. The molecule has 1 aromatic carbocycles. The molecule has 2 rings (SSSR count). The second kappa shape index (κ2) is 7.88.